The Hall–Kier alpha value is -3.07. The fraction of sp³-hybridized carbons (Fsp3) is 0.391. The number of carbonyl (C=O) groups is 2. The van der Waals surface area contributed by atoms with E-state index in [4.69, 9.17) is 4.74 Å². The summed E-state index contributed by atoms with van der Waals surface area (Å²) < 4.78 is 31.1. The molecule has 2 aromatic carbocycles. The normalized spacial score (nSPS) is 14.2. The third-order valence-electron chi connectivity index (χ3n) is 5.54. The lowest BCUT2D eigenvalue weighted by molar-refractivity contribution is -0.138. The van der Waals surface area contributed by atoms with Crippen LogP contribution in [0.3, 0.4) is 0 Å². The Labute approximate surface area is 189 Å². The summed E-state index contributed by atoms with van der Waals surface area (Å²) in [5.41, 5.74) is 2.14. The van der Waals surface area contributed by atoms with Gasteiger partial charge in [-0.05, 0) is 36.2 Å². The summed E-state index contributed by atoms with van der Waals surface area (Å²) in [5, 5.41) is 0. The van der Waals surface area contributed by atoms with Crippen molar-refractivity contribution < 1.29 is 22.7 Å². The Morgan fingerprint density at radius 3 is 2.19 bits per heavy atom. The van der Waals surface area contributed by atoms with E-state index in [2.05, 4.69) is 0 Å². The average molecular weight is 460 g/mol. The molecule has 1 aliphatic heterocycles. The number of rotatable bonds is 7. The molecular formula is C23H29N3O5S. The molecule has 0 unspecified atom stereocenters. The molecule has 8 nitrogen and oxygen atoms in total. The summed E-state index contributed by atoms with van der Waals surface area (Å²) >= 11 is 0. The molecule has 9 heteroatoms. The number of ether oxygens (including phenoxy) is 1. The lowest BCUT2D eigenvalue weighted by Crippen LogP contribution is -2.53. The summed E-state index contributed by atoms with van der Waals surface area (Å²) in [6, 6.07) is 14.5. The molecule has 0 spiro atoms. The van der Waals surface area contributed by atoms with Gasteiger partial charge in [0.15, 0.2) is 0 Å². The van der Waals surface area contributed by atoms with Gasteiger partial charge in [-0.15, -0.1) is 0 Å². The van der Waals surface area contributed by atoms with Crippen LogP contribution < -0.4 is 9.04 Å². The smallest absolute Gasteiger partial charge is 0.243 e. The summed E-state index contributed by atoms with van der Waals surface area (Å²) in [5.74, 6) is 0.413. The van der Waals surface area contributed by atoms with Crippen LogP contribution in [-0.2, 0) is 26.0 Å². The van der Waals surface area contributed by atoms with Gasteiger partial charge in [0.25, 0.3) is 0 Å². The Kier molecular flexibility index (Phi) is 7.40. The van der Waals surface area contributed by atoms with Gasteiger partial charge >= 0.3 is 0 Å². The number of carbonyl (C=O) groups excluding carboxylic acids is 2. The molecule has 1 saturated heterocycles. The third kappa shape index (κ3) is 5.79. The number of hydrogen-bond acceptors (Lipinski definition) is 5. The second kappa shape index (κ2) is 10.0. The largest absolute Gasteiger partial charge is 0.497 e. The fourth-order valence-corrected chi connectivity index (χ4v) is 4.63. The zero-order valence-electron chi connectivity index (χ0n) is 18.7. The van der Waals surface area contributed by atoms with Crippen molar-refractivity contribution in [1.82, 2.24) is 9.80 Å². The highest BCUT2D eigenvalue weighted by atomic mass is 32.2. The predicted octanol–water partition coefficient (Wildman–Crippen LogP) is 1.68. The molecule has 0 aliphatic carbocycles. The summed E-state index contributed by atoms with van der Waals surface area (Å²) in [6.45, 7) is 3.11. The van der Waals surface area contributed by atoms with Crippen LogP contribution in [0.2, 0.25) is 0 Å². The maximum absolute atomic E-state index is 12.9. The van der Waals surface area contributed by atoms with Crippen LogP contribution in [0.5, 0.6) is 5.75 Å². The Bertz CT molecular complexity index is 1080. The molecule has 0 aromatic heterocycles. The molecule has 0 bridgehead atoms. The van der Waals surface area contributed by atoms with Crippen molar-refractivity contribution in [2.45, 2.75) is 13.3 Å². The van der Waals surface area contributed by atoms with Gasteiger partial charge in [-0.2, -0.15) is 0 Å². The van der Waals surface area contributed by atoms with Gasteiger partial charge in [0.1, 0.15) is 12.3 Å². The van der Waals surface area contributed by atoms with E-state index < -0.39 is 10.0 Å². The Morgan fingerprint density at radius 2 is 1.59 bits per heavy atom. The molecule has 1 fully saturated rings. The first kappa shape index (κ1) is 23.6. The second-order valence-electron chi connectivity index (χ2n) is 7.85. The average Bonchev–Trinajstić information content (AvgIpc) is 2.77. The first-order valence-electron chi connectivity index (χ1n) is 10.4. The monoisotopic (exact) mass is 459 g/mol. The lowest BCUT2D eigenvalue weighted by atomic mass is 10.1. The van der Waals surface area contributed by atoms with E-state index in [0.717, 1.165) is 21.7 Å². The number of amides is 2. The molecule has 2 amide bonds. The van der Waals surface area contributed by atoms with Crippen LogP contribution in [0.4, 0.5) is 5.69 Å². The van der Waals surface area contributed by atoms with E-state index in [-0.39, 0.29) is 24.8 Å². The quantitative estimate of drug-likeness (QED) is 0.629. The van der Waals surface area contributed by atoms with Gasteiger partial charge in [-0.1, -0.05) is 30.3 Å². The van der Waals surface area contributed by atoms with Crippen molar-refractivity contribution >= 4 is 27.5 Å². The standard InChI is InChI=1S/C23H29N3O5S/c1-18-7-4-5-10-21(18)26(32(3,29)30)17-23(28)25-13-11-24(12-14-25)22(27)16-19-8-6-9-20(15-19)31-2/h4-10,15H,11-14,16-17H2,1-3H3. The minimum atomic E-state index is -3.63. The van der Waals surface area contributed by atoms with Gasteiger partial charge in [0.2, 0.25) is 21.8 Å². The molecule has 0 N–H and O–H groups in total. The third-order valence-corrected chi connectivity index (χ3v) is 6.66. The molecule has 0 radical (unpaired) electrons. The van der Waals surface area contributed by atoms with Crippen molar-refractivity contribution in [2.75, 3.05) is 50.4 Å². The highest BCUT2D eigenvalue weighted by Gasteiger charge is 2.28. The van der Waals surface area contributed by atoms with E-state index >= 15 is 0 Å². The van der Waals surface area contributed by atoms with Crippen molar-refractivity contribution in [1.29, 1.82) is 0 Å². The SMILES string of the molecule is COc1cccc(CC(=O)N2CCN(C(=O)CN(c3ccccc3C)S(C)(=O)=O)CC2)c1. The van der Waals surface area contributed by atoms with E-state index in [1.54, 1.807) is 29.0 Å². The number of methoxy groups -OCH3 is 1. The number of hydrogen-bond donors (Lipinski definition) is 0. The first-order chi connectivity index (χ1) is 15.2. The van der Waals surface area contributed by atoms with E-state index in [1.165, 1.54) is 0 Å². The number of piperazine rings is 1. The van der Waals surface area contributed by atoms with Gasteiger partial charge in [-0.3, -0.25) is 13.9 Å². The number of nitrogens with zero attached hydrogens (tertiary/aromatic N) is 3. The van der Waals surface area contributed by atoms with Crippen molar-refractivity contribution in [3.63, 3.8) is 0 Å². The molecule has 1 aliphatic rings. The van der Waals surface area contributed by atoms with Crippen molar-refractivity contribution in [2.24, 2.45) is 0 Å². The van der Waals surface area contributed by atoms with Gasteiger partial charge in [-0.25, -0.2) is 8.42 Å². The molecule has 0 saturated carbocycles. The minimum absolute atomic E-state index is 0.0111. The number of sulfonamides is 1. The second-order valence-corrected chi connectivity index (χ2v) is 9.75. The first-order valence-corrected chi connectivity index (χ1v) is 12.3. The maximum Gasteiger partial charge on any atom is 0.243 e. The van der Waals surface area contributed by atoms with Crippen LogP contribution in [0.15, 0.2) is 48.5 Å². The van der Waals surface area contributed by atoms with Crippen LogP contribution in [-0.4, -0.2) is 76.1 Å². The molecular weight excluding hydrogens is 430 g/mol. The summed E-state index contributed by atoms with van der Waals surface area (Å²) in [7, 11) is -2.04. The zero-order valence-corrected chi connectivity index (χ0v) is 19.5. The number of benzene rings is 2. The molecule has 1 heterocycles. The van der Waals surface area contributed by atoms with Crippen LogP contribution in [0.1, 0.15) is 11.1 Å². The molecule has 172 valence electrons. The van der Waals surface area contributed by atoms with E-state index in [0.29, 0.717) is 37.6 Å². The maximum atomic E-state index is 12.9. The molecule has 3 rings (SSSR count). The summed E-state index contributed by atoms with van der Waals surface area (Å²) in [6.07, 6.45) is 1.36. The predicted molar refractivity (Wildman–Crippen MR) is 123 cm³/mol. The molecule has 0 atom stereocenters. The summed E-state index contributed by atoms with van der Waals surface area (Å²) in [4.78, 5) is 28.9. The van der Waals surface area contributed by atoms with Crippen LogP contribution >= 0.6 is 0 Å². The number of anilines is 1. The lowest BCUT2D eigenvalue weighted by Gasteiger charge is -2.36. The van der Waals surface area contributed by atoms with Crippen LogP contribution in [0, 0.1) is 6.92 Å². The van der Waals surface area contributed by atoms with Gasteiger partial charge < -0.3 is 14.5 Å². The zero-order chi connectivity index (χ0) is 23.3. The minimum Gasteiger partial charge on any atom is -0.497 e. The van der Waals surface area contributed by atoms with Gasteiger partial charge in [0.05, 0.1) is 25.5 Å². The Balaban J connectivity index is 1.59. The molecule has 32 heavy (non-hydrogen) atoms. The van der Waals surface area contributed by atoms with Crippen molar-refractivity contribution in [3.8, 4) is 5.75 Å². The van der Waals surface area contributed by atoms with Crippen molar-refractivity contribution in [3.05, 3.63) is 59.7 Å². The topological polar surface area (TPSA) is 87.2 Å². The number of aryl methyl sites for hydroxylation is 1. The Morgan fingerprint density at radius 1 is 0.969 bits per heavy atom. The van der Waals surface area contributed by atoms with Gasteiger partial charge in [0, 0.05) is 26.2 Å². The highest BCUT2D eigenvalue weighted by molar-refractivity contribution is 7.92. The van der Waals surface area contributed by atoms with E-state index in [9.17, 15) is 18.0 Å². The van der Waals surface area contributed by atoms with E-state index in [1.807, 2.05) is 43.3 Å². The number of para-hydroxylation sites is 1. The molecule has 2 aromatic rings. The highest BCUT2D eigenvalue weighted by Crippen LogP contribution is 2.22. The van der Waals surface area contributed by atoms with Crippen LogP contribution in [0.25, 0.3) is 0 Å². The fourth-order valence-electron chi connectivity index (χ4n) is 3.72.